The molecule has 472 valence electrons. The Hall–Kier alpha value is -1.78. The quantitative estimate of drug-likeness (QED) is 0.0388. The third kappa shape index (κ3) is 24.3. The molecule has 1 amide bonds. The number of carboxylic acid groups (broad SMARTS) is 1. The lowest BCUT2D eigenvalue weighted by Crippen LogP contribution is -2.68. The van der Waals surface area contributed by atoms with E-state index in [0.717, 1.165) is 51.4 Å². The largest absolute Gasteiger partial charge is 0.477 e. The summed E-state index contributed by atoms with van der Waals surface area (Å²) in [7, 11) is 0. The zero-order valence-electron chi connectivity index (χ0n) is 48.5. The molecule has 0 aromatic rings. The first-order valence-electron chi connectivity index (χ1n) is 30.8. The second-order valence-corrected chi connectivity index (χ2v) is 23.1. The number of aliphatic hydroxyl groups excluding tert-OH is 12. The molecule has 14 N–H and O–H groups in total. The Labute approximate surface area is 475 Å². The van der Waals surface area contributed by atoms with Gasteiger partial charge in [-0.15, -0.1) is 0 Å². The summed E-state index contributed by atoms with van der Waals surface area (Å²) in [5.41, 5.74) is 0. The van der Waals surface area contributed by atoms with Crippen LogP contribution in [0.4, 0.5) is 0 Å². The molecule has 3 saturated heterocycles. The van der Waals surface area contributed by atoms with Crippen molar-refractivity contribution in [2.75, 3.05) is 26.4 Å². The lowest BCUT2D eigenvalue weighted by Gasteiger charge is -2.50. The fraction of sp³-hybridized carbons (Fsp3) is 0.966. The number of aliphatic carboxylic acids is 1. The summed E-state index contributed by atoms with van der Waals surface area (Å²) in [6, 6.07) is -1.20. The fourth-order valence-electron chi connectivity index (χ4n) is 11.1. The highest BCUT2D eigenvalue weighted by Gasteiger charge is 2.59. The maximum atomic E-state index is 13.4. The fourth-order valence-corrected chi connectivity index (χ4v) is 11.1. The van der Waals surface area contributed by atoms with Gasteiger partial charge in [-0.3, -0.25) is 4.79 Å². The second kappa shape index (κ2) is 40.5. The van der Waals surface area contributed by atoms with Gasteiger partial charge >= 0.3 is 5.97 Å². The number of carbonyl (C=O) groups excluding carboxylic acids is 1. The van der Waals surface area contributed by atoms with Gasteiger partial charge < -0.3 is 100 Å². The molecular formula is C58H109NO21. The van der Waals surface area contributed by atoms with Gasteiger partial charge in [-0.1, -0.05) is 188 Å². The normalized spacial score (nSPS) is 31.1. The number of carboxylic acids is 1. The minimum atomic E-state index is -2.93. The van der Waals surface area contributed by atoms with E-state index in [0.29, 0.717) is 12.8 Å². The first-order valence-corrected chi connectivity index (χ1v) is 30.8. The molecular weight excluding hydrogens is 1050 g/mol. The third-order valence-electron chi connectivity index (χ3n) is 16.4. The highest BCUT2D eigenvalue weighted by Crippen LogP contribution is 2.40. The number of aliphatic hydroxyl groups is 12. The predicted octanol–water partition coefficient (Wildman–Crippen LogP) is 3.49. The van der Waals surface area contributed by atoms with E-state index < -0.39 is 155 Å². The van der Waals surface area contributed by atoms with Crippen molar-refractivity contribution < 1.29 is 104 Å². The highest BCUT2D eigenvalue weighted by molar-refractivity contribution is 5.76. The van der Waals surface area contributed by atoms with E-state index in [4.69, 9.17) is 28.4 Å². The van der Waals surface area contributed by atoms with E-state index in [1.165, 1.54) is 116 Å². The summed E-state index contributed by atoms with van der Waals surface area (Å²) < 4.78 is 34.6. The molecule has 3 aliphatic rings. The van der Waals surface area contributed by atoms with Crippen LogP contribution in [0.5, 0.6) is 0 Å². The first-order chi connectivity index (χ1) is 38.4. The van der Waals surface area contributed by atoms with Crippen LogP contribution in [0.2, 0.25) is 0 Å². The van der Waals surface area contributed by atoms with Gasteiger partial charge in [-0.25, -0.2) is 4.79 Å². The Bertz CT molecular complexity index is 1610. The van der Waals surface area contributed by atoms with E-state index in [1.54, 1.807) is 0 Å². The predicted molar refractivity (Wildman–Crippen MR) is 295 cm³/mol. The van der Waals surface area contributed by atoms with Gasteiger partial charge in [-0.2, -0.15) is 0 Å². The van der Waals surface area contributed by atoms with Crippen LogP contribution in [0.3, 0.4) is 0 Å². The maximum Gasteiger partial charge on any atom is 0.364 e. The lowest BCUT2D eigenvalue weighted by molar-refractivity contribution is -0.388. The van der Waals surface area contributed by atoms with Crippen LogP contribution in [0, 0.1) is 5.92 Å². The molecule has 6 unspecified atom stereocenters. The Morgan fingerprint density at radius 2 is 1.06 bits per heavy atom. The number of ether oxygens (including phenoxy) is 6. The zero-order valence-corrected chi connectivity index (χ0v) is 48.5. The van der Waals surface area contributed by atoms with Crippen LogP contribution in [0.15, 0.2) is 0 Å². The minimum absolute atomic E-state index is 0.155. The standard InChI is InChI=1S/C58H109NO21/c1-4-6-8-10-12-14-16-18-19-20-22-24-26-28-30-32-45(66)59-39(46(67)40(63)31-29-27-25-23-21-17-15-13-11-9-7-5-2)37-75-55-50(71)49(70)53(44(36-62)77-55)78-56-51(72)54(48(69)43(35-61)76-56)80-58(57(73)74)33-41(64)38(3)52(79-58)47(68)42(65)34-60/h38-44,46-56,60-65,67-72H,4-37H2,1-3H3,(H,59,66)(H,73,74)/t38-,39+,40-,41?,42?,43?,44+,46+,47-,48+,49?,50?,51?,52-,53-,54+,55-,56+,58+/m1/s1. The van der Waals surface area contributed by atoms with E-state index in [2.05, 4.69) is 19.2 Å². The number of hydrogen-bond donors (Lipinski definition) is 14. The number of unbranched alkanes of at least 4 members (excludes halogenated alkanes) is 25. The summed E-state index contributed by atoms with van der Waals surface area (Å²) in [4.78, 5) is 26.2. The van der Waals surface area contributed by atoms with Crippen LogP contribution in [-0.4, -0.2) is 215 Å². The third-order valence-corrected chi connectivity index (χ3v) is 16.4. The van der Waals surface area contributed by atoms with Crippen LogP contribution in [0.25, 0.3) is 0 Å². The van der Waals surface area contributed by atoms with Crippen LogP contribution >= 0.6 is 0 Å². The molecule has 0 radical (unpaired) electrons. The van der Waals surface area contributed by atoms with Crippen molar-refractivity contribution in [2.45, 2.75) is 323 Å². The molecule has 0 aromatic carbocycles. The Morgan fingerprint density at radius 1 is 0.588 bits per heavy atom. The van der Waals surface area contributed by atoms with Gasteiger partial charge in [-0.05, 0) is 12.8 Å². The zero-order chi connectivity index (χ0) is 59.0. The highest BCUT2D eigenvalue weighted by atomic mass is 16.8. The molecule has 0 spiro atoms. The smallest absolute Gasteiger partial charge is 0.364 e. The summed E-state index contributed by atoms with van der Waals surface area (Å²) >= 11 is 0. The van der Waals surface area contributed by atoms with Gasteiger partial charge in [0, 0.05) is 18.8 Å². The van der Waals surface area contributed by atoms with Crippen molar-refractivity contribution >= 4 is 11.9 Å². The number of rotatable bonds is 45. The van der Waals surface area contributed by atoms with Crippen molar-refractivity contribution in [2.24, 2.45) is 5.92 Å². The first kappa shape index (κ1) is 72.5. The number of hydrogen-bond acceptors (Lipinski definition) is 20. The Morgan fingerprint density at radius 3 is 1.54 bits per heavy atom. The Kier molecular flexibility index (Phi) is 36.7. The van der Waals surface area contributed by atoms with Crippen molar-refractivity contribution in [1.29, 1.82) is 0 Å². The molecule has 0 aliphatic carbocycles. The van der Waals surface area contributed by atoms with Crippen LogP contribution in [-0.2, 0) is 38.0 Å². The second-order valence-electron chi connectivity index (χ2n) is 23.1. The number of amides is 1. The van der Waals surface area contributed by atoms with Gasteiger partial charge in [0.05, 0.1) is 50.8 Å². The topological polar surface area (TPSA) is 365 Å². The van der Waals surface area contributed by atoms with Crippen LogP contribution < -0.4 is 5.32 Å². The molecule has 0 saturated carbocycles. The van der Waals surface area contributed by atoms with Gasteiger partial charge in [0.15, 0.2) is 12.6 Å². The van der Waals surface area contributed by atoms with Gasteiger partial charge in [0.1, 0.15) is 67.1 Å². The van der Waals surface area contributed by atoms with Crippen molar-refractivity contribution in [1.82, 2.24) is 5.32 Å². The van der Waals surface area contributed by atoms with Crippen molar-refractivity contribution in [3.05, 3.63) is 0 Å². The molecule has 0 bridgehead atoms. The molecule has 3 rings (SSSR count). The molecule has 3 heterocycles. The minimum Gasteiger partial charge on any atom is -0.477 e. The summed E-state index contributed by atoms with van der Waals surface area (Å²) in [5.74, 6) is -6.23. The van der Waals surface area contributed by atoms with Crippen LogP contribution in [0.1, 0.15) is 213 Å². The average molecular weight is 1160 g/mol. The average Bonchev–Trinajstić information content (AvgIpc) is 3.54. The van der Waals surface area contributed by atoms with Gasteiger partial charge in [0.2, 0.25) is 5.91 Å². The summed E-state index contributed by atoms with van der Waals surface area (Å²) in [5, 5.41) is 143. The van der Waals surface area contributed by atoms with E-state index in [9.17, 15) is 76.0 Å². The summed E-state index contributed by atoms with van der Waals surface area (Å²) in [6.45, 7) is 2.47. The molecule has 3 aliphatic heterocycles. The maximum absolute atomic E-state index is 13.4. The SMILES string of the molecule is CCCCCCCCCCCCCCCCCC(=O)N[C@@H](CO[C@@H]1O[C@@H](CO)[C@@H](O[C@@H]2OC(CO)[C@H](O)[C@H](O[C@]3(C(=O)O)CC(O)[C@@H](C)[C@H]([C@H](O)C(O)CO)O3)C2O)C(O)C1O)[C@H](O)[C@H](O)CCCCCCCCCCCCCC. The molecule has 22 heteroatoms. The van der Waals surface area contributed by atoms with Crippen molar-refractivity contribution in [3.8, 4) is 0 Å². The van der Waals surface area contributed by atoms with E-state index in [1.807, 2.05) is 0 Å². The van der Waals surface area contributed by atoms with Crippen molar-refractivity contribution in [3.63, 3.8) is 0 Å². The number of carbonyl (C=O) groups is 2. The molecule has 19 atom stereocenters. The lowest BCUT2D eigenvalue weighted by atomic mass is 9.84. The molecule has 3 fully saturated rings. The molecule has 22 nitrogen and oxygen atoms in total. The number of nitrogens with one attached hydrogen (secondary N) is 1. The monoisotopic (exact) mass is 1160 g/mol. The van der Waals surface area contributed by atoms with E-state index >= 15 is 0 Å². The Balaban J connectivity index is 1.64. The summed E-state index contributed by atoms with van der Waals surface area (Å²) in [6.07, 6.45) is 1.71. The molecule has 0 aromatic heterocycles. The molecule has 80 heavy (non-hydrogen) atoms. The van der Waals surface area contributed by atoms with Gasteiger partial charge in [0.25, 0.3) is 5.79 Å². The van der Waals surface area contributed by atoms with E-state index in [-0.39, 0.29) is 18.7 Å².